The van der Waals surface area contributed by atoms with Crippen LogP contribution < -0.4 is 14.8 Å². The van der Waals surface area contributed by atoms with Gasteiger partial charge in [0.2, 0.25) is 5.91 Å². The fourth-order valence-electron chi connectivity index (χ4n) is 2.94. The zero-order chi connectivity index (χ0) is 20.1. The van der Waals surface area contributed by atoms with Crippen LogP contribution in [-0.4, -0.2) is 33.0 Å². The number of thioether (sulfide) groups is 1. The number of nitrogens with one attached hydrogen (secondary N) is 1. The van der Waals surface area contributed by atoms with E-state index >= 15 is 0 Å². The van der Waals surface area contributed by atoms with Crippen LogP contribution in [0, 0.1) is 0 Å². The number of carbonyl (C=O) groups is 1. The summed E-state index contributed by atoms with van der Waals surface area (Å²) in [6, 6.07) is 16.9. The van der Waals surface area contributed by atoms with Crippen molar-refractivity contribution in [3.8, 4) is 11.5 Å². The third-order valence-corrected chi connectivity index (χ3v) is 5.21. The molecule has 8 heteroatoms. The molecule has 2 aromatic carbocycles. The van der Waals surface area contributed by atoms with Crippen LogP contribution in [0.3, 0.4) is 0 Å². The Labute approximate surface area is 172 Å². The number of anilines is 1. The van der Waals surface area contributed by atoms with Crippen molar-refractivity contribution in [2.24, 2.45) is 0 Å². The lowest BCUT2D eigenvalue weighted by molar-refractivity contribution is -0.113. The first kappa shape index (κ1) is 19.1. The van der Waals surface area contributed by atoms with Crippen LogP contribution in [0.1, 0.15) is 11.9 Å². The maximum absolute atomic E-state index is 12.2. The van der Waals surface area contributed by atoms with E-state index < -0.39 is 0 Å². The molecule has 0 radical (unpaired) electrons. The second-order valence-electron chi connectivity index (χ2n) is 6.31. The van der Waals surface area contributed by atoms with E-state index in [2.05, 4.69) is 22.1 Å². The highest BCUT2D eigenvalue weighted by Crippen LogP contribution is 2.36. The molecule has 1 aromatic heterocycles. The monoisotopic (exact) mass is 408 g/mol. The molecule has 1 aliphatic heterocycles. The van der Waals surface area contributed by atoms with Crippen LogP contribution in [0.15, 0.2) is 72.4 Å². The van der Waals surface area contributed by atoms with Gasteiger partial charge in [-0.05, 0) is 24.3 Å². The number of hydrogen-bond donors (Lipinski definition) is 1. The summed E-state index contributed by atoms with van der Waals surface area (Å²) in [6.45, 7) is 4.66. The highest BCUT2D eigenvalue weighted by molar-refractivity contribution is 7.99. The van der Waals surface area contributed by atoms with E-state index in [9.17, 15) is 4.79 Å². The fourth-order valence-corrected chi connectivity index (χ4v) is 3.70. The van der Waals surface area contributed by atoms with E-state index in [0.717, 1.165) is 5.69 Å². The quantitative estimate of drug-likeness (QED) is 0.474. The number of nitrogens with zero attached hydrogens (tertiary/aromatic N) is 3. The Morgan fingerprint density at radius 1 is 1.17 bits per heavy atom. The Kier molecular flexibility index (Phi) is 5.81. The number of fused-ring (bicyclic) bond motifs is 1. The van der Waals surface area contributed by atoms with Crippen LogP contribution in [0.5, 0.6) is 11.5 Å². The standard InChI is InChI=1S/C21H20N4O3S/c1-2-12-25-20(18-13-27-16-10-6-7-11-17(16)28-18)23-24-21(25)29-14-19(26)22-15-8-4-3-5-9-15/h2-11,18H,1,12-14H2,(H,22,26). The molecule has 7 nitrogen and oxygen atoms in total. The van der Waals surface area contributed by atoms with Gasteiger partial charge in [-0.3, -0.25) is 9.36 Å². The molecule has 0 saturated carbocycles. The molecule has 148 valence electrons. The number of rotatable bonds is 7. The Hall–Kier alpha value is -3.26. The average molecular weight is 408 g/mol. The predicted octanol–water partition coefficient (Wildman–Crippen LogP) is 3.71. The van der Waals surface area contributed by atoms with Gasteiger partial charge >= 0.3 is 0 Å². The molecule has 29 heavy (non-hydrogen) atoms. The molecule has 0 aliphatic carbocycles. The van der Waals surface area contributed by atoms with Crippen LogP contribution in [0.25, 0.3) is 0 Å². The number of amides is 1. The van der Waals surface area contributed by atoms with E-state index in [1.165, 1.54) is 11.8 Å². The van der Waals surface area contributed by atoms with Gasteiger partial charge in [-0.25, -0.2) is 0 Å². The molecule has 1 atom stereocenters. The SMILES string of the molecule is C=CCn1c(SCC(=O)Nc2ccccc2)nnc1C1COc2ccccc2O1. The Bertz CT molecular complexity index is 1010. The molecule has 4 rings (SSSR count). The summed E-state index contributed by atoms with van der Waals surface area (Å²) in [4.78, 5) is 12.2. The van der Waals surface area contributed by atoms with Gasteiger partial charge in [0.25, 0.3) is 0 Å². The minimum Gasteiger partial charge on any atom is -0.485 e. The van der Waals surface area contributed by atoms with Crippen molar-refractivity contribution in [1.82, 2.24) is 14.8 Å². The molecule has 1 N–H and O–H groups in total. The van der Waals surface area contributed by atoms with Crippen LogP contribution in [0.4, 0.5) is 5.69 Å². The third-order valence-electron chi connectivity index (χ3n) is 4.24. The van der Waals surface area contributed by atoms with Crippen LogP contribution >= 0.6 is 11.8 Å². The summed E-state index contributed by atoms with van der Waals surface area (Å²) in [7, 11) is 0. The Morgan fingerprint density at radius 3 is 2.72 bits per heavy atom. The first-order valence-electron chi connectivity index (χ1n) is 9.15. The van der Waals surface area contributed by atoms with E-state index in [-0.39, 0.29) is 17.8 Å². The van der Waals surface area contributed by atoms with Crippen molar-refractivity contribution in [3.05, 3.63) is 73.1 Å². The van der Waals surface area contributed by atoms with Gasteiger partial charge < -0.3 is 14.8 Å². The molecule has 1 unspecified atom stereocenters. The molecule has 2 heterocycles. The first-order chi connectivity index (χ1) is 14.2. The Balaban J connectivity index is 1.45. The number of ether oxygens (including phenoxy) is 2. The van der Waals surface area contributed by atoms with Gasteiger partial charge in [-0.15, -0.1) is 16.8 Å². The summed E-state index contributed by atoms with van der Waals surface area (Å²) < 4.78 is 13.7. The smallest absolute Gasteiger partial charge is 0.234 e. The molecule has 1 amide bonds. The number of benzene rings is 2. The van der Waals surface area contributed by atoms with Gasteiger partial charge in [-0.1, -0.05) is 48.2 Å². The lowest BCUT2D eigenvalue weighted by atomic mass is 10.2. The summed E-state index contributed by atoms with van der Waals surface area (Å²) in [5, 5.41) is 12.1. The van der Waals surface area contributed by atoms with E-state index in [1.54, 1.807) is 6.08 Å². The lowest BCUT2D eigenvalue weighted by Crippen LogP contribution is -2.25. The highest BCUT2D eigenvalue weighted by Gasteiger charge is 2.28. The van der Waals surface area contributed by atoms with E-state index in [0.29, 0.717) is 35.6 Å². The van der Waals surface area contributed by atoms with Crippen LogP contribution in [0.2, 0.25) is 0 Å². The maximum atomic E-state index is 12.2. The number of para-hydroxylation sites is 3. The number of hydrogen-bond acceptors (Lipinski definition) is 6. The van der Waals surface area contributed by atoms with Gasteiger partial charge in [0, 0.05) is 12.2 Å². The number of aromatic nitrogens is 3. The average Bonchev–Trinajstić information content (AvgIpc) is 3.15. The van der Waals surface area contributed by atoms with Crippen molar-refractivity contribution in [2.75, 3.05) is 17.7 Å². The second-order valence-corrected chi connectivity index (χ2v) is 7.25. The molecular weight excluding hydrogens is 388 g/mol. The second kappa shape index (κ2) is 8.83. The topological polar surface area (TPSA) is 78.3 Å². The zero-order valence-corrected chi connectivity index (χ0v) is 16.5. The van der Waals surface area contributed by atoms with Gasteiger partial charge in [-0.2, -0.15) is 0 Å². The molecule has 3 aromatic rings. The summed E-state index contributed by atoms with van der Waals surface area (Å²) >= 11 is 1.32. The van der Waals surface area contributed by atoms with E-state index in [1.807, 2.05) is 59.2 Å². The van der Waals surface area contributed by atoms with Crippen LogP contribution in [-0.2, 0) is 11.3 Å². The van der Waals surface area contributed by atoms with Crippen molar-refractivity contribution in [2.45, 2.75) is 17.8 Å². The van der Waals surface area contributed by atoms with Gasteiger partial charge in [0.1, 0.15) is 6.61 Å². The van der Waals surface area contributed by atoms with Crippen molar-refractivity contribution < 1.29 is 14.3 Å². The maximum Gasteiger partial charge on any atom is 0.234 e. The molecule has 0 spiro atoms. The van der Waals surface area contributed by atoms with Crippen molar-refractivity contribution in [1.29, 1.82) is 0 Å². The number of allylic oxidation sites excluding steroid dienone is 1. The molecule has 0 fully saturated rings. The van der Waals surface area contributed by atoms with Crippen molar-refractivity contribution >= 4 is 23.4 Å². The first-order valence-corrected chi connectivity index (χ1v) is 10.1. The highest BCUT2D eigenvalue weighted by atomic mass is 32.2. The minimum absolute atomic E-state index is 0.109. The summed E-state index contributed by atoms with van der Waals surface area (Å²) in [6.07, 6.45) is 1.38. The predicted molar refractivity (Wildman–Crippen MR) is 111 cm³/mol. The molecule has 1 aliphatic rings. The minimum atomic E-state index is -0.384. The van der Waals surface area contributed by atoms with Gasteiger partial charge in [0.05, 0.1) is 5.75 Å². The van der Waals surface area contributed by atoms with E-state index in [4.69, 9.17) is 9.47 Å². The normalized spacial score (nSPS) is 15.0. The lowest BCUT2D eigenvalue weighted by Gasteiger charge is -2.26. The fraction of sp³-hybridized carbons (Fsp3) is 0.190. The third kappa shape index (κ3) is 4.43. The molecule has 0 bridgehead atoms. The molecular formula is C21H20N4O3S. The Morgan fingerprint density at radius 2 is 1.93 bits per heavy atom. The van der Waals surface area contributed by atoms with Gasteiger partial charge in [0.15, 0.2) is 28.6 Å². The summed E-state index contributed by atoms with van der Waals surface area (Å²) in [5.41, 5.74) is 0.762. The summed E-state index contributed by atoms with van der Waals surface area (Å²) in [5.74, 6) is 2.14. The van der Waals surface area contributed by atoms with Crippen molar-refractivity contribution in [3.63, 3.8) is 0 Å². The zero-order valence-electron chi connectivity index (χ0n) is 15.7. The molecule has 0 saturated heterocycles. The largest absolute Gasteiger partial charge is 0.485 e. The number of carbonyl (C=O) groups excluding carboxylic acids is 1.